The molecule has 11 heavy (non-hydrogen) atoms. The summed E-state index contributed by atoms with van der Waals surface area (Å²) in [6.07, 6.45) is 5.73. The molecule has 0 atom stereocenters. The van der Waals surface area contributed by atoms with Crippen LogP contribution in [0.25, 0.3) is 0 Å². The Morgan fingerprint density at radius 2 is 2.18 bits per heavy atom. The van der Waals surface area contributed by atoms with Crippen molar-refractivity contribution in [3.8, 4) is 0 Å². The normalized spacial score (nSPS) is 22.5. The van der Waals surface area contributed by atoms with Crippen molar-refractivity contribution in [3.05, 3.63) is 22.3 Å². The van der Waals surface area contributed by atoms with E-state index in [2.05, 4.69) is 0 Å². The van der Waals surface area contributed by atoms with E-state index in [4.69, 9.17) is 11.6 Å². The maximum absolute atomic E-state index is 10.5. The molecule has 60 valence electrons. The molecule has 0 heterocycles. The van der Waals surface area contributed by atoms with Crippen LogP contribution in [0.15, 0.2) is 22.3 Å². The van der Waals surface area contributed by atoms with Gasteiger partial charge >= 0.3 is 0 Å². The summed E-state index contributed by atoms with van der Waals surface area (Å²) in [4.78, 5) is 10.5. The van der Waals surface area contributed by atoms with Crippen LogP contribution < -0.4 is 0 Å². The van der Waals surface area contributed by atoms with Gasteiger partial charge in [-0.2, -0.15) is 0 Å². The Bertz CT molecular complexity index is 226. The number of aldehydes is 1. The summed E-state index contributed by atoms with van der Waals surface area (Å²) in [5.41, 5.74) is 1.87. The van der Waals surface area contributed by atoms with E-state index >= 15 is 0 Å². The van der Waals surface area contributed by atoms with Crippen LogP contribution in [0.3, 0.4) is 0 Å². The third-order valence-electron chi connectivity index (χ3n) is 1.95. The Balaban J connectivity index is 2.97. The van der Waals surface area contributed by atoms with Gasteiger partial charge in [-0.3, -0.25) is 4.79 Å². The van der Waals surface area contributed by atoms with Gasteiger partial charge in [0, 0.05) is 10.6 Å². The van der Waals surface area contributed by atoms with Crippen LogP contribution in [0.2, 0.25) is 0 Å². The lowest BCUT2D eigenvalue weighted by molar-refractivity contribution is -0.105. The quantitative estimate of drug-likeness (QED) is 0.553. The predicted molar refractivity (Wildman–Crippen MR) is 46.6 cm³/mol. The van der Waals surface area contributed by atoms with E-state index in [9.17, 15) is 4.79 Å². The number of hydrogen-bond donors (Lipinski definition) is 0. The number of carbonyl (C=O) groups is 1. The van der Waals surface area contributed by atoms with Crippen molar-refractivity contribution in [2.24, 2.45) is 0 Å². The molecule has 0 saturated heterocycles. The molecule has 0 aromatic carbocycles. The van der Waals surface area contributed by atoms with Gasteiger partial charge in [0.05, 0.1) is 0 Å². The Labute approximate surface area is 71.7 Å². The number of hydrogen-bond acceptors (Lipinski definition) is 1. The van der Waals surface area contributed by atoms with Gasteiger partial charge in [0.15, 0.2) is 0 Å². The van der Waals surface area contributed by atoms with E-state index in [1.165, 1.54) is 0 Å². The van der Waals surface area contributed by atoms with E-state index in [0.717, 1.165) is 36.7 Å². The zero-order chi connectivity index (χ0) is 8.27. The Hall–Kier alpha value is -0.560. The van der Waals surface area contributed by atoms with E-state index in [-0.39, 0.29) is 0 Å². The molecule has 0 aromatic rings. The smallest absolute Gasteiger partial charge is 0.147 e. The predicted octanol–water partition coefficient (Wildman–Crippen LogP) is 2.81. The minimum absolute atomic E-state index is 0.675. The van der Waals surface area contributed by atoms with Gasteiger partial charge in [0.1, 0.15) is 6.29 Å². The molecule has 1 aliphatic rings. The summed E-state index contributed by atoms with van der Waals surface area (Å²) >= 11 is 5.93. The molecule has 1 aliphatic carbocycles. The molecule has 2 heteroatoms. The number of rotatable bonds is 1. The zero-order valence-electron chi connectivity index (χ0n) is 6.56. The van der Waals surface area contributed by atoms with E-state index in [1.807, 2.05) is 13.0 Å². The summed E-state index contributed by atoms with van der Waals surface area (Å²) in [6.45, 7) is 1.95. The largest absolute Gasteiger partial charge is 0.298 e. The van der Waals surface area contributed by atoms with Gasteiger partial charge in [0.2, 0.25) is 0 Å². The summed E-state index contributed by atoms with van der Waals surface area (Å²) in [6, 6.07) is 0. The Morgan fingerprint density at radius 3 is 2.73 bits per heavy atom. The second kappa shape index (κ2) is 3.72. The summed E-state index contributed by atoms with van der Waals surface area (Å²) < 4.78 is 0. The fourth-order valence-corrected chi connectivity index (χ4v) is 1.62. The lowest BCUT2D eigenvalue weighted by Crippen LogP contribution is -1.99. The molecule has 0 N–H and O–H groups in total. The maximum atomic E-state index is 10.5. The molecule has 0 fully saturated rings. The molecular formula is C9H11ClO. The first-order valence-corrected chi connectivity index (χ1v) is 4.16. The van der Waals surface area contributed by atoms with Gasteiger partial charge < -0.3 is 0 Å². The van der Waals surface area contributed by atoms with Crippen LogP contribution in [-0.4, -0.2) is 6.29 Å². The third-order valence-corrected chi connectivity index (χ3v) is 2.43. The number of carbonyl (C=O) groups excluding carboxylic acids is 1. The van der Waals surface area contributed by atoms with Gasteiger partial charge in [-0.15, -0.1) is 0 Å². The Kier molecular flexibility index (Phi) is 2.89. The van der Waals surface area contributed by atoms with Crippen molar-refractivity contribution in [1.29, 1.82) is 0 Å². The van der Waals surface area contributed by atoms with E-state index < -0.39 is 0 Å². The first-order valence-electron chi connectivity index (χ1n) is 3.79. The van der Waals surface area contributed by atoms with Crippen molar-refractivity contribution < 1.29 is 4.79 Å². The molecule has 0 saturated carbocycles. The van der Waals surface area contributed by atoms with Crippen LogP contribution in [0.1, 0.15) is 26.2 Å². The first kappa shape index (κ1) is 8.54. The lowest BCUT2D eigenvalue weighted by atomic mass is 9.96. The van der Waals surface area contributed by atoms with Crippen molar-refractivity contribution in [1.82, 2.24) is 0 Å². The average molecular weight is 171 g/mol. The first-order chi connectivity index (χ1) is 5.29. The van der Waals surface area contributed by atoms with Crippen LogP contribution in [0.5, 0.6) is 0 Å². The molecule has 0 aliphatic heterocycles. The summed E-state index contributed by atoms with van der Waals surface area (Å²) in [5.74, 6) is 0. The van der Waals surface area contributed by atoms with Gasteiger partial charge in [0.25, 0.3) is 0 Å². The molecular weight excluding hydrogens is 160 g/mol. The zero-order valence-corrected chi connectivity index (χ0v) is 7.32. The van der Waals surface area contributed by atoms with E-state index in [1.54, 1.807) is 0 Å². The van der Waals surface area contributed by atoms with Gasteiger partial charge in [-0.1, -0.05) is 17.7 Å². The highest BCUT2D eigenvalue weighted by Gasteiger charge is 2.13. The van der Waals surface area contributed by atoms with E-state index in [0.29, 0.717) is 5.03 Å². The highest BCUT2D eigenvalue weighted by molar-refractivity contribution is 6.33. The average Bonchev–Trinajstić information content (AvgIpc) is 2.05. The molecule has 0 bridgehead atoms. The monoisotopic (exact) mass is 170 g/mol. The summed E-state index contributed by atoms with van der Waals surface area (Å²) in [7, 11) is 0. The highest BCUT2D eigenvalue weighted by atomic mass is 35.5. The topological polar surface area (TPSA) is 17.1 Å². The maximum Gasteiger partial charge on any atom is 0.147 e. The standard InChI is InChI=1S/C9H11ClO/c1-2-7-4-3-5-8(6-11)9(7)10/h2,6H,3-5H2,1H3. The van der Waals surface area contributed by atoms with Crippen molar-refractivity contribution >= 4 is 17.9 Å². The van der Waals surface area contributed by atoms with Crippen molar-refractivity contribution in [2.75, 3.05) is 0 Å². The fraction of sp³-hybridized carbons (Fsp3) is 0.444. The van der Waals surface area contributed by atoms with Crippen LogP contribution in [-0.2, 0) is 4.79 Å². The molecule has 1 rings (SSSR count). The fourth-order valence-electron chi connectivity index (χ4n) is 1.28. The van der Waals surface area contributed by atoms with Crippen LogP contribution in [0.4, 0.5) is 0 Å². The van der Waals surface area contributed by atoms with Gasteiger partial charge in [-0.05, 0) is 31.8 Å². The SMILES string of the molecule is CC=C1CCCC(C=O)=C1Cl. The van der Waals surface area contributed by atoms with Crippen LogP contribution >= 0.6 is 11.6 Å². The van der Waals surface area contributed by atoms with Crippen molar-refractivity contribution in [2.45, 2.75) is 26.2 Å². The molecule has 0 amide bonds. The summed E-state index contributed by atoms with van der Waals surface area (Å²) in [5, 5.41) is 0.675. The number of allylic oxidation sites excluding steroid dienone is 4. The molecule has 1 nitrogen and oxygen atoms in total. The molecule has 0 spiro atoms. The second-order valence-electron chi connectivity index (χ2n) is 2.62. The van der Waals surface area contributed by atoms with Crippen molar-refractivity contribution in [3.63, 3.8) is 0 Å². The third kappa shape index (κ3) is 1.72. The van der Waals surface area contributed by atoms with Gasteiger partial charge in [-0.25, -0.2) is 0 Å². The second-order valence-corrected chi connectivity index (χ2v) is 3.00. The Morgan fingerprint density at radius 1 is 1.45 bits per heavy atom. The minimum Gasteiger partial charge on any atom is -0.298 e. The molecule has 0 unspecified atom stereocenters. The lowest BCUT2D eigenvalue weighted by Gasteiger charge is -2.14. The van der Waals surface area contributed by atoms with Crippen LogP contribution in [0, 0.1) is 0 Å². The molecule has 0 aromatic heterocycles. The molecule has 0 radical (unpaired) electrons. The number of halogens is 1. The minimum atomic E-state index is 0.675. The highest BCUT2D eigenvalue weighted by Crippen LogP contribution is 2.30.